The summed E-state index contributed by atoms with van der Waals surface area (Å²) >= 11 is 0. The van der Waals surface area contributed by atoms with Gasteiger partial charge in [-0.3, -0.25) is 4.79 Å². The SMILES string of the molecule is CC(C)[C@H](N)C(=O)OC[C@@H]1Cc2cccc(Oc3cccc(OS(=O)(=O)CCCC(F)(F)F)c3)c2C1. The van der Waals surface area contributed by atoms with Crippen LogP contribution in [0.4, 0.5) is 13.2 Å². The molecule has 0 aromatic heterocycles. The minimum Gasteiger partial charge on any atom is -0.464 e. The van der Waals surface area contributed by atoms with Gasteiger partial charge in [0.05, 0.1) is 12.4 Å². The number of nitrogens with two attached hydrogens (primary N) is 1. The van der Waals surface area contributed by atoms with Crippen LogP contribution in [-0.4, -0.2) is 39.0 Å². The second-order valence-corrected chi connectivity index (χ2v) is 10.9. The van der Waals surface area contributed by atoms with Gasteiger partial charge in [-0.15, -0.1) is 0 Å². The van der Waals surface area contributed by atoms with Crippen LogP contribution in [0.25, 0.3) is 0 Å². The van der Waals surface area contributed by atoms with E-state index in [2.05, 4.69) is 0 Å². The summed E-state index contributed by atoms with van der Waals surface area (Å²) in [6.45, 7) is 3.94. The molecule has 36 heavy (non-hydrogen) atoms. The number of fused-ring (bicyclic) bond motifs is 1. The molecule has 0 unspecified atom stereocenters. The fraction of sp³-hybridized carbons (Fsp3) is 0.480. The van der Waals surface area contributed by atoms with Gasteiger partial charge in [0.2, 0.25) is 0 Å². The lowest BCUT2D eigenvalue weighted by molar-refractivity contribution is -0.147. The van der Waals surface area contributed by atoms with E-state index in [0.717, 1.165) is 11.1 Å². The standard InChI is InChI=1S/C25H30F3NO6S/c1-16(2)23(29)24(30)33-15-17-12-18-6-3-9-22(21(18)13-17)34-19-7-4-8-20(14-19)35-36(31,32)11-5-10-25(26,27)28/h3-4,6-9,14,16-17,23H,5,10-13,15,29H2,1-2H3/t17-,23+/m1/s1. The third kappa shape index (κ3) is 8.12. The first-order chi connectivity index (χ1) is 16.8. The van der Waals surface area contributed by atoms with Gasteiger partial charge in [-0.1, -0.05) is 32.0 Å². The lowest BCUT2D eigenvalue weighted by atomic mass is 10.1. The highest BCUT2D eigenvalue weighted by Gasteiger charge is 2.29. The topological polar surface area (TPSA) is 105 Å². The average molecular weight is 530 g/mol. The summed E-state index contributed by atoms with van der Waals surface area (Å²) in [6, 6.07) is 10.8. The van der Waals surface area contributed by atoms with Crippen LogP contribution in [0.5, 0.6) is 17.2 Å². The summed E-state index contributed by atoms with van der Waals surface area (Å²) in [4.78, 5) is 12.1. The minimum atomic E-state index is -4.43. The van der Waals surface area contributed by atoms with E-state index in [4.69, 9.17) is 19.4 Å². The first kappa shape index (κ1) is 27.8. The van der Waals surface area contributed by atoms with Crippen LogP contribution in [0.3, 0.4) is 0 Å². The number of benzene rings is 2. The lowest BCUT2D eigenvalue weighted by Gasteiger charge is -2.16. The van der Waals surface area contributed by atoms with E-state index < -0.39 is 46.9 Å². The number of esters is 1. The molecule has 2 aromatic carbocycles. The van der Waals surface area contributed by atoms with Crippen LogP contribution in [0.15, 0.2) is 42.5 Å². The Hall–Kier alpha value is -2.79. The lowest BCUT2D eigenvalue weighted by Crippen LogP contribution is -2.37. The molecule has 0 bridgehead atoms. The number of halogens is 3. The van der Waals surface area contributed by atoms with Crippen LogP contribution in [0, 0.1) is 11.8 Å². The van der Waals surface area contributed by atoms with Gasteiger partial charge >= 0.3 is 22.3 Å². The molecule has 7 nitrogen and oxygen atoms in total. The van der Waals surface area contributed by atoms with Crippen molar-refractivity contribution in [3.05, 3.63) is 53.6 Å². The zero-order chi connectivity index (χ0) is 26.5. The fourth-order valence-corrected chi connectivity index (χ4v) is 4.82. The van der Waals surface area contributed by atoms with E-state index in [0.29, 0.717) is 24.3 Å². The number of alkyl halides is 3. The molecule has 0 heterocycles. The van der Waals surface area contributed by atoms with Crippen LogP contribution >= 0.6 is 0 Å². The monoisotopic (exact) mass is 529 g/mol. The molecule has 0 spiro atoms. The van der Waals surface area contributed by atoms with Crippen LogP contribution in [0.1, 0.15) is 37.8 Å². The number of ether oxygens (including phenoxy) is 2. The molecule has 1 aliphatic rings. The summed E-state index contributed by atoms with van der Waals surface area (Å²) in [5, 5.41) is 0. The maximum atomic E-state index is 12.3. The highest BCUT2D eigenvalue weighted by Crippen LogP contribution is 2.37. The molecule has 0 saturated heterocycles. The molecule has 0 aliphatic heterocycles. The Morgan fingerprint density at radius 3 is 2.50 bits per heavy atom. The van der Waals surface area contributed by atoms with Crippen molar-refractivity contribution < 1.29 is 40.0 Å². The number of hydrogen-bond donors (Lipinski definition) is 1. The smallest absolute Gasteiger partial charge is 0.389 e. The molecule has 0 amide bonds. The van der Waals surface area contributed by atoms with Crippen molar-refractivity contribution in [2.75, 3.05) is 12.4 Å². The van der Waals surface area contributed by atoms with Crippen molar-refractivity contribution in [2.45, 2.75) is 51.7 Å². The predicted octanol–water partition coefficient (Wildman–Crippen LogP) is 4.77. The van der Waals surface area contributed by atoms with Gasteiger partial charge in [0.25, 0.3) is 0 Å². The quantitative estimate of drug-likeness (QED) is 0.330. The third-order valence-electron chi connectivity index (χ3n) is 5.79. The molecule has 0 fully saturated rings. The van der Waals surface area contributed by atoms with Crippen molar-refractivity contribution in [3.63, 3.8) is 0 Å². The van der Waals surface area contributed by atoms with Gasteiger partial charge in [0.1, 0.15) is 23.3 Å². The summed E-state index contributed by atoms with van der Waals surface area (Å²) in [7, 11) is -4.19. The Morgan fingerprint density at radius 2 is 1.81 bits per heavy atom. The Morgan fingerprint density at radius 1 is 1.11 bits per heavy atom. The van der Waals surface area contributed by atoms with Gasteiger partial charge in [0.15, 0.2) is 0 Å². The van der Waals surface area contributed by atoms with Gasteiger partial charge in [0, 0.05) is 18.4 Å². The Labute approximate surface area is 208 Å². The first-order valence-electron chi connectivity index (χ1n) is 11.6. The van der Waals surface area contributed by atoms with Crippen molar-refractivity contribution in [1.82, 2.24) is 0 Å². The third-order valence-corrected chi connectivity index (χ3v) is 7.03. The normalized spacial score (nSPS) is 16.5. The van der Waals surface area contributed by atoms with E-state index in [1.54, 1.807) is 12.1 Å². The van der Waals surface area contributed by atoms with Crippen LogP contribution < -0.4 is 14.7 Å². The maximum Gasteiger partial charge on any atom is 0.389 e. The van der Waals surface area contributed by atoms with Crippen molar-refractivity contribution >= 4 is 16.1 Å². The summed E-state index contributed by atoms with van der Waals surface area (Å²) in [5.74, 6) is -0.300. The van der Waals surface area contributed by atoms with E-state index >= 15 is 0 Å². The molecular formula is C25H30F3NO6S. The summed E-state index contributed by atoms with van der Waals surface area (Å²) in [5.41, 5.74) is 7.86. The molecule has 2 atom stereocenters. The zero-order valence-electron chi connectivity index (χ0n) is 20.1. The van der Waals surface area contributed by atoms with E-state index in [-0.39, 0.29) is 24.2 Å². The molecule has 0 saturated carbocycles. The van der Waals surface area contributed by atoms with Gasteiger partial charge < -0.3 is 19.4 Å². The van der Waals surface area contributed by atoms with E-state index in [1.165, 1.54) is 18.2 Å². The Bertz CT molecular complexity index is 1170. The molecule has 3 rings (SSSR count). The van der Waals surface area contributed by atoms with Gasteiger partial charge in [-0.05, 0) is 54.5 Å². The highest BCUT2D eigenvalue weighted by atomic mass is 32.2. The Balaban J connectivity index is 1.62. The fourth-order valence-electron chi connectivity index (χ4n) is 3.84. The number of carbonyl (C=O) groups is 1. The van der Waals surface area contributed by atoms with E-state index in [1.807, 2.05) is 26.0 Å². The highest BCUT2D eigenvalue weighted by molar-refractivity contribution is 7.87. The average Bonchev–Trinajstić information content (AvgIpc) is 3.20. The Kier molecular flexibility index (Phi) is 8.89. The number of hydrogen-bond acceptors (Lipinski definition) is 7. The molecule has 2 aromatic rings. The predicted molar refractivity (Wildman–Crippen MR) is 127 cm³/mol. The van der Waals surface area contributed by atoms with Crippen LogP contribution in [0.2, 0.25) is 0 Å². The van der Waals surface area contributed by atoms with Crippen molar-refractivity contribution in [1.29, 1.82) is 0 Å². The largest absolute Gasteiger partial charge is 0.464 e. The summed E-state index contributed by atoms with van der Waals surface area (Å²) in [6.07, 6.45) is -4.89. The van der Waals surface area contributed by atoms with E-state index in [9.17, 15) is 26.4 Å². The second-order valence-electron chi connectivity index (χ2n) is 9.21. The first-order valence-corrected chi connectivity index (χ1v) is 13.2. The van der Waals surface area contributed by atoms with Gasteiger partial charge in [-0.25, -0.2) is 0 Å². The maximum absolute atomic E-state index is 12.3. The number of carbonyl (C=O) groups excluding carboxylic acids is 1. The summed E-state index contributed by atoms with van der Waals surface area (Å²) < 4.78 is 77.4. The molecule has 198 valence electrons. The number of rotatable bonds is 11. The molecule has 11 heteroatoms. The van der Waals surface area contributed by atoms with Crippen molar-refractivity contribution in [2.24, 2.45) is 17.6 Å². The molecule has 0 radical (unpaired) electrons. The van der Waals surface area contributed by atoms with Crippen molar-refractivity contribution in [3.8, 4) is 17.2 Å². The molecule has 1 aliphatic carbocycles. The second kappa shape index (κ2) is 11.5. The van der Waals surface area contributed by atoms with Gasteiger partial charge in [-0.2, -0.15) is 21.6 Å². The minimum absolute atomic E-state index is 0.0205. The molecular weight excluding hydrogens is 499 g/mol. The van der Waals surface area contributed by atoms with Crippen LogP contribution in [-0.2, 0) is 32.5 Å². The zero-order valence-corrected chi connectivity index (χ0v) is 20.9. The molecule has 2 N–H and O–H groups in total.